The van der Waals surface area contributed by atoms with Gasteiger partial charge >= 0.3 is 0 Å². The van der Waals surface area contributed by atoms with E-state index in [2.05, 4.69) is 47.6 Å². The Morgan fingerprint density at radius 2 is 2.03 bits per heavy atom. The number of nitrogens with zero attached hydrogens (tertiary/aromatic N) is 5. The first-order valence-electron chi connectivity index (χ1n) is 11.1. The highest BCUT2D eigenvalue weighted by Gasteiger charge is 2.33. The van der Waals surface area contributed by atoms with Crippen molar-refractivity contribution in [1.29, 1.82) is 10.5 Å². The van der Waals surface area contributed by atoms with E-state index in [1.54, 1.807) is 0 Å². The van der Waals surface area contributed by atoms with Crippen molar-refractivity contribution in [2.45, 2.75) is 39.2 Å². The summed E-state index contributed by atoms with van der Waals surface area (Å²) in [4.78, 5) is 13.7. The molecule has 1 aromatic carbocycles. The Morgan fingerprint density at radius 1 is 1.26 bits per heavy atom. The Balaban J connectivity index is 1.58. The first kappa shape index (κ1) is 23.9. The van der Waals surface area contributed by atoms with Gasteiger partial charge in [0.2, 0.25) is 11.7 Å². The second-order valence-electron chi connectivity index (χ2n) is 8.72. The molecule has 8 nitrogen and oxygen atoms in total. The molecule has 0 unspecified atom stereocenters. The van der Waals surface area contributed by atoms with Crippen LogP contribution in [0.1, 0.15) is 54.6 Å². The number of fused-ring (bicyclic) bond motifs is 1. The van der Waals surface area contributed by atoms with Crippen molar-refractivity contribution < 1.29 is 9.53 Å². The van der Waals surface area contributed by atoms with Gasteiger partial charge in [0.15, 0.2) is 0 Å². The zero-order valence-corrected chi connectivity index (χ0v) is 20.5. The third kappa shape index (κ3) is 5.16. The van der Waals surface area contributed by atoms with Gasteiger partial charge < -0.3 is 10.1 Å². The zero-order chi connectivity index (χ0) is 25.0. The van der Waals surface area contributed by atoms with Gasteiger partial charge in [-0.1, -0.05) is 38.1 Å². The molecule has 1 aliphatic carbocycles. The van der Waals surface area contributed by atoms with E-state index in [1.165, 1.54) is 22.2 Å². The molecule has 3 aromatic rings. The third-order valence-corrected chi connectivity index (χ3v) is 7.10. The second kappa shape index (κ2) is 9.96. The smallest absolute Gasteiger partial charge is 0.245 e. The maximum absolute atomic E-state index is 12.6. The van der Waals surface area contributed by atoms with E-state index in [-0.39, 0.29) is 23.7 Å². The lowest BCUT2D eigenvalue weighted by atomic mass is 9.77. The number of thiophene rings is 1. The number of nitriles is 2. The number of carbonyl (C=O) groups is 1. The maximum atomic E-state index is 12.6. The Labute approximate surface area is 207 Å². The molecule has 0 saturated heterocycles. The summed E-state index contributed by atoms with van der Waals surface area (Å²) in [6, 6.07) is 12.1. The van der Waals surface area contributed by atoms with Gasteiger partial charge in [0.05, 0.1) is 12.2 Å². The molecule has 0 spiro atoms. The average Bonchev–Trinajstić information content (AvgIpc) is 3.42. The summed E-state index contributed by atoms with van der Waals surface area (Å²) >= 11 is 1.42. The van der Waals surface area contributed by atoms with Gasteiger partial charge in [0.1, 0.15) is 35.8 Å². The van der Waals surface area contributed by atoms with Crippen LogP contribution in [0.5, 0.6) is 5.75 Å². The van der Waals surface area contributed by atoms with Crippen molar-refractivity contribution in [3.63, 3.8) is 0 Å². The van der Waals surface area contributed by atoms with Crippen molar-refractivity contribution in [3.05, 3.63) is 69.6 Å². The van der Waals surface area contributed by atoms with Crippen LogP contribution in [0.4, 0.5) is 5.00 Å². The van der Waals surface area contributed by atoms with Crippen LogP contribution >= 0.6 is 11.3 Å². The van der Waals surface area contributed by atoms with E-state index in [1.807, 2.05) is 43.3 Å². The quantitative estimate of drug-likeness (QED) is 0.510. The topological polar surface area (TPSA) is 117 Å². The Kier molecular flexibility index (Phi) is 6.81. The second-order valence-corrected chi connectivity index (χ2v) is 9.74. The monoisotopic (exact) mass is 484 g/mol. The molecule has 1 N–H and O–H groups in total. The van der Waals surface area contributed by atoms with E-state index < -0.39 is 0 Å². The molecule has 0 atom stereocenters. The molecule has 4 rings (SSSR count). The summed E-state index contributed by atoms with van der Waals surface area (Å²) in [6.07, 6.45) is 8.29. The van der Waals surface area contributed by atoms with Gasteiger partial charge in [0.25, 0.3) is 0 Å². The fourth-order valence-electron chi connectivity index (χ4n) is 4.04. The van der Waals surface area contributed by atoms with E-state index in [4.69, 9.17) is 10.00 Å². The lowest BCUT2D eigenvalue weighted by molar-refractivity contribution is -0.116. The van der Waals surface area contributed by atoms with Crippen LogP contribution < -0.4 is 10.1 Å². The van der Waals surface area contributed by atoms with Crippen LogP contribution in [0.15, 0.2) is 42.2 Å². The highest BCUT2D eigenvalue weighted by atomic mass is 32.1. The molecular formula is C26H24N6O2S. The third-order valence-electron chi connectivity index (χ3n) is 5.61. The van der Waals surface area contributed by atoms with Crippen LogP contribution in [0.2, 0.25) is 0 Å². The van der Waals surface area contributed by atoms with Crippen LogP contribution in [0, 0.1) is 22.7 Å². The molecule has 0 bridgehead atoms. The fourth-order valence-corrected chi connectivity index (χ4v) is 5.29. The number of nitrogens with one attached hydrogen (secondary N) is 1. The molecule has 0 fully saturated rings. The molecule has 2 heterocycles. The van der Waals surface area contributed by atoms with Gasteiger partial charge in [-0.25, -0.2) is 0 Å². The van der Waals surface area contributed by atoms with Crippen LogP contribution in [-0.2, 0) is 16.8 Å². The van der Waals surface area contributed by atoms with E-state index >= 15 is 0 Å². The molecular weight excluding hydrogens is 460 g/mol. The highest BCUT2D eigenvalue weighted by molar-refractivity contribution is 7.17. The average molecular weight is 485 g/mol. The minimum atomic E-state index is -0.353. The van der Waals surface area contributed by atoms with Crippen molar-refractivity contribution >= 4 is 34.4 Å². The van der Waals surface area contributed by atoms with Gasteiger partial charge in [-0.15, -0.1) is 21.5 Å². The Morgan fingerprint density at radius 3 is 2.71 bits per heavy atom. The van der Waals surface area contributed by atoms with E-state index in [0.29, 0.717) is 17.2 Å². The number of hydrogen-bond donors (Lipinski definition) is 1. The molecule has 0 aliphatic heterocycles. The Hall–Kier alpha value is -4.21. The van der Waals surface area contributed by atoms with Crippen LogP contribution in [-0.4, -0.2) is 27.3 Å². The molecule has 9 heteroatoms. The lowest BCUT2D eigenvalue weighted by Gasteiger charge is -2.29. The standard InChI is InChI=1S/C26H24N6O2S/c1-4-34-19-9-7-17(8-10-19)5-6-18-11-20-21(13-27)25(35-24(20)26(2,3)12-18)30-23(33)15-32-16-29-31-22(32)14-28/h5-11,16H,4,12,15H2,1-3H3,(H,30,33)/b6-5+. The SMILES string of the molecule is CCOc1ccc(/C=C/C2=Cc3c(sc(NC(=O)Cn4cnnc4C#N)c3C#N)C(C)(C)C2)cc1. The number of ether oxygens (including phenoxy) is 1. The normalized spacial score (nSPS) is 14.0. The summed E-state index contributed by atoms with van der Waals surface area (Å²) in [5, 5.41) is 29.7. The summed E-state index contributed by atoms with van der Waals surface area (Å²) in [6.45, 7) is 6.76. The highest BCUT2D eigenvalue weighted by Crippen LogP contribution is 2.47. The number of rotatable bonds is 7. The van der Waals surface area contributed by atoms with Crippen molar-refractivity contribution in [2.24, 2.45) is 0 Å². The van der Waals surface area contributed by atoms with Crippen LogP contribution in [0.25, 0.3) is 12.2 Å². The number of allylic oxidation sites excluding steroid dienone is 2. The van der Waals surface area contributed by atoms with Gasteiger partial charge in [-0.2, -0.15) is 10.5 Å². The summed E-state index contributed by atoms with van der Waals surface area (Å²) < 4.78 is 6.86. The largest absolute Gasteiger partial charge is 0.494 e. The van der Waals surface area contributed by atoms with Gasteiger partial charge in [0, 0.05) is 15.9 Å². The van der Waals surface area contributed by atoms with E-state index in [9.17, 15) is 10.1 Å². The molecule has 1 aliphatic rings. The Bertz CT molecular complexity index is 1400. The summed E-state index contributed by atoms with van der Waals surface area (Å²) in [5.74, 6) is 0.542. The van der Waals surface area contributed by atoms with Crippen LogP contribution in [0.3, 0.4) is 0 Å². The number of amides is 1. The predicted octanol–water partition coefficient (Wildman–Crippen LogP) is 4.90. The number of anilines is 1. The summed E-state index contributed by atoms with van der Waals surface area (Å²) in [7, 11) is 0. The number of aromatic nitrogens is 3. The predicted molar refractivity (Wildman–Crippen MR) is 135 cm³/mol. The number of hydrogen-bond acceptors (Lipinski definition) is 7. The minimum Gasteiger partial charge on any atom is -0.494 e. The molecule has 35 heavy (non-hydrogen) atoms. The fraction of sp³-hybridized carbons (Fsp3) is 0.269. The van der Waals surface area contributed by atoms with Crippen molar-refractivity contribution in [3.8, 4) is 17.9 Å². The molecule has 0 radical (unpaired) electrons. The first-order chi connectivity index (χ1) is 16.8. The van der Waals surface area contributed by atoms with Gasteiger partial charge in [-0.3, -0.25) is 9.36 Å². The molecule has 1 amide bonds. The zero-order valence-electron chi connectivity index (χ0n) is 19.7. The molecule has 0 saturated carbocycles. The van der Waals surface area contributed by atoms with Gasteiger partial charge in [-0.05, 0) is 42.7 Å². The van der Waals surface area contributed by atoms with Crippen molar-refractivity contribution in [2.75, 3.05) is 11.9 Å². The first-order valence-corrected chi connectivity index (χ1v) is 11.9. The minimum absolute atomic E-state index is 0.0548. The summed E-state index contributed by atoms with van der Waals surface area (Å²) in [5.41, 5.74) is 3.25. The van der Waals surface area contributed by atoms with E-state index in [0.717, 1.165) is 33.7 Å². The lowest BCUT2D eigenvalue weighted by Crippen LogP contribution is -2.20. The number of benzene rings is 1. The maximum Gasteiger partial charge on any atom is 0.245 e. The van der Waals surface area contributed by atoms with Crippen molar-refractivity contribution in [1.82, 2.24) is 14.8 Å². The molecule has 176 valence electrons. The molecule has 2 aromatic heterocycles. The number of carbonyl (C=O) groups excluding carboxylic acids is 1.